The average molecular weight is 303 g/mol. The molecule has 1 aromatic rings. The molecule has 0 fully saturated rings. The Morgan fingerprint density at radius 3 is 2.45 bits per heavy atom. The molecule has 124 valence electrons. The van der Waals surface area contributed by atoms with Crippen molar-refractivity contribution in [2.24, 2.45) is 0 Å². The van der Waals surface area contributed by atoms with Crippen molar-refractivity contribution in [3.05, 3.63) is 48.2 Å². The minimum atomic E-state index is 0.546. The predicted octanol–water partition coefficient (Wildman–Crippen LogP) is 6.70. The van der Waals surface area contributed by atoms with Crippen LogP contribution < -0.4 is 0 Å². The molecule has 1 atom stereocenters. The van der Waals surface area contributed by atoms with Gasteiger partial charge in [-0.3, -0.25) is 0 Å². The van der Waals surface area contributed by atoms with Gasteiger partial charge in [0, 0.05) is 17.9 Å². The van der Waals surface area contributed by atoms with Gasteiger partial charge in [0.1, 0.15) is 5.76 Å². The first-order valence-corrected chi connectivity index (χ1v) is 8.57. The van der Waals surface area contributed by atoms with Crippen LogP contribution in [0.1, 0.15) is 84.1 Å². The lowest BCUT2D eigenvalue weighted by Gasteiger charge is -2.14. The summed E-state index contributed by atoms with van der Waals surface area (Å²) in [5.41, 5.74) is 2.24. The quantitative estimate of drug-likeness (QED) is 0.458. The third-order valence-corrected chi connectivity index (χ3v) is 3.43. The molecular weight excluding hydrogens is 270 g/mol. The van der Waals surface area contributed by atoms with Crippen molar-refractivity contribution in [2.45, 2.75) is 73.1 Å². The molecule has 1 aromatic heterocycles. The maximum absolute atomic E-state index is 5.85. The van der Waals surface area contributed by atoms with E-state index in [1.807, 2.05) is 52.0 Å². The molecule has 2 heteroatoms. The Balaban J connectivity index is 0.000000640. The standard InChI is InChI=1S/C14H19NO.C4H8.C2H6/c1-4-7-11(5-2)14-15-13-10(3)8-6-9-12(13)16-14;1-3-4-2;1-2/h4-5,7,10H,6,8-9H2,1-3H3;3H,1,4H2,2H3;1-2H3/b7-4-,11-5+;;. The third kappa shape index (κ3) is 6.05. The van der Waals surface area contributed by atoms with Crippen LogP contribution in [-0.4, -0.2) is 4.98 Å². The van der Waals surface area contributed by atoms with E-state index in [0.29, 0.717) is 5.92 Å². The number of oxazole rings is 1. The largest absolute Gasteiger partial charge is 0.441 e. The summed E-state index contributed by atoms with van der Waals surface area (Å²) in [5, 5.41) is 0. The van der Waals surface area contributed by atoms with E-state index in [0.717, 1.165) is 30.1 Å². The van der Waals surface area contributed by atoms with E-state index in [2.05, 4.69) is 25.4 Å². The van der Waals surface area contributed by atoms with E-state index in [-0.39, 0.29) is 0 Å². The number of hydrogen-bond acceptors (Lipinski definition) is 2. The predicted molar refractivity (Wildman–Crippen MR) is 98.2 cm³/mol. The van der Waals surface area contributed by atoms with Crippen LogP contribution in [0, 0.1) is 0 Å². The molecule has 2 rings (SSSR count). The van der Waals surface area contributed by atoms with E-state index in [4.69, 9.17) is 4.42 Å². The minimum absolute atomic E-state index is 0.546. The SMILES string of the molecule is C/C=C\C(=C/C)c1nc2c(o1)CCCC2C.C=CCC.CC. The fraction of sp³-hybridized carbons (Fsp3) is 0.550. The number of allylic oxidation sites excluding steroid dienone is 5. The molecule has 0 N–H and O–H groups in total. The van der Waals surface area contributed by atoms with E-state index in [9.17, 15) is 0 Å². The molecule has 0 spiro atoms. The molecule has 1 aliphatic rings. The molecule has 1 unspecified atom stereocenters. The zero-order valence-electron chi connectivity index (χ0n) is 15.3. The van der Waals surface area contributed by atoms with E-state index < -0.39 is 0 Å². The lowest BCUT2D eigenvalue weighted by Crippen LogP contribution is -2.05. The second-order valence-electron chi connectivity index (χ2n) is 5.06. The highest BCUT2D eigenvalue weighted by molar-refractivity contribution is 5.68. The van der Waals surface area contributed by atoms with Crippen molar-refractivity contribution in [2.75, 3.05) is 0 Å². The summed E-state index contributed by atoms with van der Waals surface area (Å²) in [6.45, 7) is 15.8. The summed E-state index contributed by atoms with van der Waals surface area (Å²) in [6, 6.07) is 0. The Bertz CT molecular complexity index is 480. The lowest BCUT2D eigenvalue weighted by atomic mass is 9.92. The maximum atomic E-state index is 5.85. The number of rotatable bonds is 3. The van der Waals surface area contributed by atoms with Gasteiger partial charge in [-0.1, -0.05) is 52.0 Å². The lowest BCUT2D eigenvalue weighted by molar-refractivity contribution is 0.452. The third-order valence-electron chi connectivity index (χ3n) is 3.43. The van der Waals surface area contributed by atoms with Crippen molar-refractivity contribution in [1.29, 1.82) is 0 Å². The Morgan fingerprint density at radius 1 is 1.36 bits per heavy atom. The molecule has 0 saturated heterocycles. The van der Waals surface area contributed by atoms with Gasteiger partial charge >= 0.3 is 0 Å². The van der Waals surface area contributed by atoms with Crippen LogP contribution in [-0.2, 0) is 6.42 Å². The van der Waals surface area contributed by atoms with Crippen molar-refractivity contribution in [3.8, 4) is 0 Å². The molecule has 0 aliphatic heterocycles. The second-order valence-corrected chi connectivity index (χ2v) is 5.06. The highest BCUT2D eigenvalue weighted by Gasteiger charge is 2.23. The Kier molecular flexibility index (Phi) is 11.2. The van der Waals surface area contributed by atoms with Crippen molar-refractivity contribution in [3.63, 3.8) is 0 Å². The van der Waals surface area contributed by atoms with E-state index in [1.54, 1.807) is 0 Å². The van der Waals surface area contributed by atoms with Gasteiger partial charge in [-0.15, -0.1) is 6.58 Å². The van der Waals surface area contributed by atoms with Crippen LogP contribution in [0.2, 0.25) is 0 Å². The van der Waals surface area contributed by atoms with Crippen LogP contribution in [0.4, 0.5) is 0 Å². The highest BCUT2D eigenvalue weighted by Crippen LogP contribution is 2.32. The van der Waals surface area contributed by atoms with Crippen LogP contribution in [0.15, 0.2) is 35.3 Å². The van der Waals surface area contributed by atoms with Crippen LogP contribution >= 0.6 is 0 Å². The molecule has 0 aromatic carbocycles. The topological polar surface area (TPSA) is 26.0 Å². The maximum Gasteiger partial charge on any atom is 0.226 e. The van der Waals surface area contributed by atoms with Crippen molar-refractivity contribution >= 4 is 5.57 Å². The number of aryl methyl sites for hydroxylation is 1. The van der Waals surface area contributed by atoms with E-state index in [1.165, 1.54) is 18.5 Å². The highest BCUT2D eigenvalue weighted by atomic mass is 16.4. The average Bonchev–Trinajstić information content (AvgIpc) is 3.00. The van der Waals surface area contributed by atoms with Crippen LogP contribution in [0.5, 0.6) is 0 Å². The summed E-state index contributed by atoms with van der Waals surface area (Å²) in [5.74, 6) is 2.42. The molecule has 0 saturated carbocycles. The summed E-state index contributed by atoms with van der Waals surface area (Å²) in [4.78, 5) is 4.64. The van der Waals surface area contributed by atoms with Gasteiger partial charge in [-0.25, -0.2) is 4.98 Å². The van der Waals surface area contributed by atoms with Crippen LogP contribution in [0.3, 0.4) is 0 Å². The normalized spacial score (nSPS) is 17.0. The van der Waals surface area contributed by atoms with Crippen LogP contribution in [0.25, 0.3) is 5.57 Å². The second kappa shape index (κ2) is 12.0. The Morgan fingerprint density at radius 2 is 2.00 bits per heavy atom. The summed E-state index contributed by atoms with van der Waals surface area (Å²) < 4.78 is 5.85. The molecule has 0 amide bonds. The molecule has 1 aliphatic carbocycles. The molecule has 1 heterocycles. The summed E-state index contributed by atoms with van der Waals surface area (Å²) in [7, 11) is 0. The number of nitrogens with zero attached hydrogens (tertiary/aromatic N) is 1. The Labute approximate surface area is 137 Å². The molecule has 0 radical (unpaired) electrons. The molecule has 0 bridgehead atoms. The zero-order chi connectivity index (χ0) is 17.0. The fourth-order valence-corrected chi connectivity index (χ4v) is 2.23. The first-order valence-electron chi connectivity index (χ1n) is 8.57. The fourth-order valence-electron chi connectivity index (χ4n) is 2.23. The summed E-state index contributed by atoms with van der Waals surface area (Å²) in [6.07, 6.45) is 12.6. The van der Waals surface area contributed by atoms with Gasteiger partial charge in [0.05, 0.1) is 5.69 Å². The first kappa shape index (κ1) is 20.4. The smallest absolute Gasteiger partial charge is 0.226 e. The van der Waals surface area contributed by atoms with E-state index >= 15 is 0 Å². The monoisotopic (exact) mass is 303 g/mol. The van der Waals surface area contributed by atoms with Gasteiger partial charge in [0.15, 0.2) is 0 Å². The van der Waals surface area contributed by atoms with Gasteiger partial charge in [0.25, 0.3) is 0 Å². The molecular formula is C20H33NO. The van der Waals surface area contributed by atoms with Gasteiger partial charge in [-0.05, 0) is 33.1 Å². The molecule has 2 nitrogen and oxygen atoms in total. The van der Waals surface area contributed by atoms with Gasteiger partial charge < -0.3 is 4.42 Å². The van der Waals surface area contributed by atoms with Gasteiger partial charge in [-0.2, -0.15) is 0 Å². The summed E-state index contributed by atoms with van der Waals surface area (Å²) >= 11 is 0. The zero-order valence-corrected chi connectivity index (χ0v) is 15.3. The molecule has 22 heavy (non-hydrogen) atoms. The minimum Gasteiger partial charge on any atom is -0.441 e. The number of hydrogen-bond donors (Lipinski definition) is 0. The Hall–Kier alpha value is -1.57. The van der Waals surface area contributed by atoms with Crippen molar-refractivity contribution < 1.29 is 4.42 Å². The van der Waals surface area contributed by atoms with Gasteiger partial charge in [0.2, 0.25) is 5.89 Å². The van der Waals surface area contributed by atoms with Crippen molar-refractivity contribution in [1.82, 2.24) is 4.98 Å². The number of fused-ring (bicyclic) bond motifs is 1. The first-order chi connectivity index (χ1) is 10.7. The number of aromatic nitrogens is 1.